The van der Waals surface area contributed by atoms with Crippen LogP contribution in [0.1, 0.15) is 0 Å². The predicted octanol–water partition coefficient (Wildman–Crippen LogP) is 5.84. The van der Waals surface area contributed by atoms with Gasteiger partial charge in [0.05, 0.1) is 12.9 Å². The molecule has 0 radical (unpaired) electrons. The molecule has 2 heterocycles. The molecule has 0 bridgehead atoms. The average molecular weight is 649 g/mol. The maximum absolute atomic E-state index is 13.1. The Bertz CT molecular complexity index is 1570. The number of rotatable bonds is 10. The number of nitrogens with zero attached hydrogens (tertiary/aromatic N) is 1. The second-order valence-electron chi connectivity index (χ2n) is 9.17. The number of aliphatic carboxylic acids is 1. The zero-order valence-electron chi connectivity index (χ0n) is 22.3. The lowest BCUT2D eigenvalue weighted by Gasteiger charge is -2.49. The fourth-order valence-corrected chi connectivity index (χ4v) is 7.79. The van der Waals surface area contributed by atoms with E-state index in [4.69, 9.17) is 4.74 Å². The lowest BCUT2D eigenvalue weighted by Crippen LogP contribution is -2.70. The number of carboxylic acids is 1. The third-order valence-corrected chi connectivity index (χ3v) is 10.0. The molecule has 0 saturated carbocycles. The van der Waals surface area contributed by atoms with Crippen molar-refractivity contribution in [3.8, 4) is 22.6 Å². The van der Waals surface area contributed by atoms with Crippen LogP contribution >= 0.6 is 35.3 Å². The molecule has 14 heteroatoms. The number of benzene rings is 3. The lowest BCUT2D eigenvalue weighted by atomic mass is 10.1. The largest absolute Gasteiger partial charge is 0.573 e. The molecule has 0 unspecified atom stereocenters. The first-order valence-corrected chi connectivity index (χ1v) is 15.5. The number of nitrogens with one attached hydrogen (secondary N) is 1. The highest BCUT2D eigenvalue weighted by Crippen LogP contribution is 2.47. The number of fused-ring (bicyclic) bond motifs is 1. The number of ether oxygens (including phenoxy) is 2. The summed E-state index contributed by atoms with van der Waals surface area (Å²) in [7, 11) is 1.56. The first kappa shape index (κ1) is 30.7. The van der Waals surface area contributed by atoms with Gasteiger partial charge in [0.15, 0.2) is 0 Å². The van der Waals surface area contributed by atoms with E-state index in [2.05, 4.69) is 10.1 Å². The number of β-lactam (4-membered cyclic amide) rings is 1. The first-order valence-electron chi connectivity index (χ1n) is 12.6. The van der Waals surface area contributed by atoms with Gasteiger partial charge in [0.1, 0.15) is 28.6 Å². The Hall–Kier alpha value is -3.75. The summed E-state index contributed by atoms with van der Waals surface area (Å²) in [5, 5.41) is 12.2. The van der Waals surface area contributed by atoms with Gasteiger partial charge in [0.2, 0.25) is 5.91 Å². The minimum atomic E-state index is -4.88. The van der Waals surface area contributed by atoms with Crippen molar-refractivity contribution in [2.45, 2.75) is 27.6 Å². The molecule has 2 atom stereocenters. The van der Waals surface area contributed by atoms with E-state index in [1.165, 1.54) is 35.7 Å². The molecule has 0 spiro atoms. The van der Waals surface area contributed by atoms with Crippen LogP contribution < -0.4 is 14.8 Å². The first-order chi connectivity index (χ1) is 20.5. The molecule has 2 aliphatic heterocycles. The monoisotopic (exact) mass is 648 g/mol. The number of carbonyl (C=O) groups excluding carboxylic acids is 2. The maximum Gasteiger partial charge on any atom is 0.573 e. The molecule has 0 aromatic heterocycles. The third-order valence-electron chi connectivity index (χ3n) is 6.38. The molecular formula is C29H23F3N2O6S3. The van der Waals surface area contributed by atoms with Gasteiger partial charge in [-0.05, 0) is 53.6 Å². The van der Waals surface area contributed by atoms with Gasteiger partial charge in [-0.2, -0.15) is 0 Å². The lowest BCUT2D eigenvalue weighted by molar-refractivity contribution is -0.274. The molecule has 0 aliphatic carbocycles. The van der Waals surface area contributed by atoms with Crippen LogP contribution in [-0.2, 0) is 14.4 Å². The van der Waals surface area contributed by atoms with Crippen molar-refractivity contribution in [2.24, 2.45) is 0 Å². The van der Waals surface area contributed by atoms with Crippen molar-refractivity contribution in [3.63, 3.8) is 0 Å². The highest BCUT2D eigenvalue weighted by Gasteiger charge is 2.54. The molecular weight excluding hydrogens is 626 g/mol. The zero-order valence-corrected chi connectivity index (χ0v) is 24.7. The number of methoxy groups -OCH3 is 1. The Kier molecular flexibility index (Phi) is 9.18. The Morgan fingerprint density at radius 1 is 1.07 bits per heavy atom. The van der Waals surface area contributed by atoms with Crippen LogP contribution in [-0.4, -0.2) is 64.2 Å². The number of carboxylic acid groups (broad SMARTS) is 1. The van der Waals surface area contributed by atoms with Crippen LogP contribution in [0.4, 0.5) is 13.2 Å². The van der Waals surface area contributed by atoms with E-state index in [0.29, 0.717) is 26.7 Å². The van der Waals surface area contributed by atoms with E-state index >= 15 is 0 Å². The van der Waals surface area contributed by atoms with E-state index in [0.717, 1.165) is 27.6 Å². The topological polar surface area (TPSA) is 105 Å². The number of thioether (sulfide) groups is 3. The van der Waals surface area contributed by atoms with E-state index in [-0.39, 0.29) is 23.1 Å². The Balaban J connectivity index is 1.32. The summed E-state index contributed by atoms with van der Waals surface area (Å²) < 4.78 is 47.9. The Labute approximate surface area is 257 Å². The fraction of sp³-hybridized carbons (Fsp3) is 0.207. The molecule has 43 heavy (non-hydrogen) atoms. The molecule has 224 valence electrons. The average Bonchev–Trinajstić information content (AvgIpc) is 2.99. The van der Waals surface area contributed by atoms with Crippen LogP contribution in [0, 0.1) is 0 Å². The molecule has 8 nitrogen and oxygen atoms in total. The van der Waals surface area contributed by atoms with Crippen LogP contribution in [0.2, 0.25) is 0 Å². The summed E-state index contributed by atoms with van der Waals surface area (Å²) in [4.78, 5) is 40.9. The third kappa shape index (κ3) is 7.08. The Morgan fingerprint density at radius 2 is 1.77 bits per heavy atom. The highest BCUT2D eigenvalue weighted by atomic mass is 32.2. The van der Waals surface area contributed by atoms with Gasteiger partial charge < -0.3 is 19.9 Å². The summed E-state index contributed by atoms with van der Waals surface area (Å²) >= 11 is 3.65. The molecule has 2 amide bonds. The molecule has 1 saturated heterocycles. The van der Waals surface area contributed by atoms with Gasteiger partial charge in [-0.25, -0.2) is 4.79 Å². The normalized spacial score (nSPS) is 18.0. The number of amides is 2. The van der Waals surface area contributed by atoms with Gasteiger partial charge in [0.25, 0.3) is 5.91 Å². The quantitative estimate of drug-likeness (QED) is 0.207. The smallest absolute Gasteiger partial charge is 0.497 e. The second kappa shape index (κ2) is 12.9. The number of carbonyl (C=O) groups is 3. The van der Waals surface area contributed by atoms with Crippen LogP contribution in [0.15, 0.2) is 93.2 Å². The molecule has 3 aromatic carbocycles. The maximum atomic E-state index is 13.1. The van der Waals surface area contributed by atoms with Gasteiger partial charge in [-0.1, -0.05) is 42.1 Å². The summed E-state index contributed by atoms with van der Waals surface area (Å²) in [6, 6.07) is 18.8. The summed E-state index contributed by atoms with van der Waals surface area (Å²) in [5.74, 6) is -1.69. The number of alkyl halides is 3. The van der Waals surface area contributed by atoms with Crippen LogP contribution in [0.5, 0.6) is 11.5 Å². The zero-order chi connectivity index (χ0) is 30.7. The Morgan fingerprint density at radius 3 is 2.42 bits per heavy atom. The molecule has 2 aliphatic rings. The molecule has 3 aromatic rings. The van der Waals surface area contributed by atoms with E-state index in [9.17, 15) is 32.7 Å². The van der Waals surface area contributed by atoms with E-state index in [1.54, 1.807) is 49.6 Å². The van der Waals surface area contributed by atoms with Crippen LogP contribution in [0.3, 0.4) is 0 Å². The van der Waals surface area contributed by atoms with Crippen molar-refractivity contribution in [2.75, 3.05) is 18.6 Å². The van der Waals surface area contributed by atoms with E-state index in [1.807, 2.05) is 12.1 Å². The van der Waals surface area contributed by atoms with Crippen molar-refractivity contribution < 1.29 is 42.1 Å². The van der Waals surface area contributed by atoms with Gasteiger partial charge in [0, 0.05) is 20.4 Å². The van der Waals surface area contributed by atoms with Crippen LogP contribution in [0.25, 0.3) is 11.1 Å². The van der Waals surface area contributed by atoms with E-state index < -0.39 is 35.4 Å². The SMILES string of the molecule is COc1ccc(SCC(=O)N[C@@H]2C(=O)N3C(C(=O)O)=C(Sc4ccc(OC(F)(F)F)cc4-c4ccccc4)CS[C@H]23)cc1. The fourth-order valence-electron chi connectivity index (χ4n) is 4.48. The standard InChI is InChI=1S/C29H23F3N2O6S3/c1-39-17-7-10-19(11-8-17)41-15-23(35)33-24-26(36)34-25(28(37)38)22(14-42-27(24)34)43-21-12-9-18(40-29(30,31)32)13-20(21)16-5-3-2-4-6-16/h2-13,24,27H,14-15H2,1H3,(H,33,35)(H,37,38)/t24-,27-/m1/s1. The highest BCUT2D eigenvalue weighted by molar-refractivity contribution is 8.06. The minimum Gasteiger partial charge on any atom is -0.497 e. The van der Waals surface area contributed by atoms with Gasteiger partial charge in [-0.3, -0.25) is 14.5 Å². The molecule has 1 fully saturated rings. The number of hydrogen-bond acceptors (Lipinski definition) is 8. The number of hydrogen-bond donors (Lipinski definition) is 2. The predicted molar refractivity (Wildman–Crippen MR) is 158 cm³/mol. The minimum absolute atomic E-state index is 0.0620. The molecule has 5 rings (SSSR count). The summed E-state index contributed by atoms with van der Waals surface area (Å²) in [5.41, 5.74) is 0.796. The molecule has 2 N–H and O–H groups in total. The van der Waals surface area contributed by atoms with Gasteiger partial charge in [-0.15, -0.1) is 36.7 Å². The van der Waals surface area contributed by atoms with Crippen molar-refractivity contribution >= 4 is 53.1 Å². The summed E-state index contributed by atoms with van der Waals surface area (Å²) in [6.07, 6.45) is -4.88. The number of halogens is 3. The van der Waals surface area contributed by atoms with Gasteiger partial charge >= 0.3 is 12.3 Å². The summed E-state index contributed by atoms with van der Waals surface area (Å²) in [6.45, 7) is 0. The van der Waals surface area contributed by atoms with Crippen molar-refractivity contribution in [3.05, 3.63) is 83.4 Å². The van der Waals surface area contributed by atoms with Crippen molar-refractivity contribution in [1.29, 1.82) is 0 Å². The van der Waals surface area contributed by atoms with Crippen molar-refractivity contribution in [1.82, 2.24) is 10.2 Å². The second-order valence-corrected chi connectivity index (χ2v) is 12.5.